The van der Waals surface area contributed by atoms with Crippen molar-refractivity contribution >= 4 is 5.91 Å². The molecule has 0 radical (unpaired) electrons. The van der Waals surface area contributed by atoms with Crippen molar-refractivity contribution in [3.05, 3.63) is 95.3 Å². The van der Waals surface area contributed by atoms with Crippen LogP contribution in [-0.4, -0.2) is 23.9 Å². The highest BCUT2D eigenvalue weighted by atomic mass is 19.4. The zero-order valence-corrected chi connectivity index (χ0v) is 17.4. The van der Waals surface area contributed by atoms with Crippen LogP contribution in [-0.2, 0) is 12.6 Å². The Labute approximate surface area is 184 Å². The Morgan fingerprint density at radius 1 is 0.844 bits per heavy atom. The van der Waals surface area contributed by atoms with E-state index in [0.717, 1.165) is 35.7 Å². The molecule has 0 unspecified atom stereocenters. The zero-order valence-electron chi connectivity index (χ0n) is 17.4. The SMILES string of the molecule is O=C(c1c(F)cccc1C(F)(F)F)N1CCC(Cc2ccc(-c3ccccc3)cc2)CC1. The smallest absolute Gasteiger partial charge is 0.339 e. The minimum atomic E-state index is -4.78. The molecular formula is C26H23F4NO. The Kier molecular flexibility index (Phi) is 6.31. The first-order valence-electron chi connectivity index (χ1n) is 10.6. The topological polar surface area (TPSA) is 20.3 Å². The van der Waals surface area contributed by atoms with E-state index in [0.29, 0.717) is 31.8 Å². The van der Waals surface area contributed by atoms with Crippen LogP contribution in [0.5, 0.6) is 0 Å². The summed E-state index contributed by atoms with van der Waals surface area (Å²) >= 11 is 0. The number of hydrogen-bond donors (Lipinski definition) is 0. The van der Waals surface area contributed by atoms with E-state index in [1.54, 1.807) is 0 Å². The summed E-state index contributed by atoms with van der Waals surface area (Å²) in [6.45, 7) is 0.633. The maximum Gasteiger partial charge on any atom is 0.417 e. The molecule has 0 aromatic heterocycles. The molecule has 0 N–H and O–H groups in total. The maximum absolute atomic E-state index is 14.2. The Morgan fingerprint density at radius 3 is 2.09 bits per heavy atom. The Morgan fingerprint density at radius 2 is 1.47 bits per heavy atom. The van der Waals surface area contributed by atoms with Gasteiger partial charge in [0.15, 0.2) is 0 Å². The van der Waals surface area contributed by atoms with E-state index in [1.165, 1.54) is 10.5 Å². The maximum atomic E-state index is 14.2. The summed E-state index contributed by atoms with van der Waals surface area (Å²) in [5.41, 5.74) is 1.37. The van der Waals surface area contributed by atoms with Crippen LogP contribution < -0.4 is 0 Å². The number of carbonyl (C=O) groups is 1. The van der Waals surface area contributed by atoms with E-state index in [-0.39, 0.29) is 0 Å². The molecule has 0 atom stereocenters. The molecular weight excluding hydrogens is 418 g/mol. The van der Waals surface area contributed by atoms with E-state index in [2.05, 4.69) is 36.4 Å². The van der Waals surface area contributed by atoms with Gasteiger partial charge in [0, 0.05) is 13.1 Å². The van der Waals surface area contributed by atoms with Gasteiger partial charge in [-0.05, 0) is 54.0 Å². The average Bonchev–Trinajstić information content (AvgIpc) is 2.79. The molecule has 1 saturated heterocycles. The Hall–Kier alpha value is -3.15. The van der Waals surface area contributed by atoms with Crippen molar-refractivity contribution in [3.8, 4) is 11.1 Å². The summed E-state index contributed by atoms with van der Waals surface area (Å²) in [7, 11) is 0. The molecule has 1 amide bonds. The van der Waals surface area contributed by atoms with Crippen LogP contribution in [0.2, 0.25) is 0 Å². The lowest BCUT2D eigenvalue weighted by molar-refractivity contribution is -0.138. The van der Waals surface area contributed by atoms with Gasteiger partial charge < -0.3 is 4.90 Å². The van der Waals surface area contributed by atoms with Gasteiger partial charge in [-0.2, -0.15) is 13.2 Å². The van der Waals surface area contributed by atoms with Crippen LogP contribution in [0.1, 0.15) is 34.3 Å². The number of amides is 1. The van der Waals surface area contributed by atoms with Gasteiger partial charge >= 0.3 is 6.18 Å². The molecule has 0 spiro atoms. The van der Waals surface area contributed by atoms with Crippen molar-refractivity contribution in [1.29, 1.82) is 0 Å². The third-order valence-electron chi connectivity index (χ3n) is 6.02. The summed E-state index contributed by atoms with van der Waals surface area (Å²) < 4.78 is 53.9. The predicted octanol–water partition coefficient (Wildman–Crippen LogP) is 6.61. The van der Waals surface area contributed by atoms with Crippen molar-refractivity contribution in [1.82, 2.24) is 4.90 Å². The van der Waals surface area contributed by atoms with E-state index in [1.807, 2.05) is 18.2 Å². The molecule has 0 bridgehead atoms. The lowest BCUT2D eigenvalue weighted by atomic mass is 9.89. The van der Waals surface area contributed by atoms with Gasteiger partial charge in [0.25, 0.3) is 5.91 Å². The third-order valence-corrected chi connectivity index (χ3v) is 6.02. The molecule has 1 aliphatic rings. The molecule has 4 rings (SSSR count). The van der Waals surface area contributed by atoms with Crippen molar-refractivity contribution in [2.24, 2.45) is 5.92 Å². The van der Waals surface area contributed by atoms with Crippen LogP contribution in [0.4, 0.5) is 17.6 Å². The Bertz CT molecular complexity index is 1070. The number of hydrogen-bond acceptors (Lipinski definition) is 1. The van der Waals surface area contributed by atoms with Gasteiger partial charge in [0.1, 0.15) is 5.82 Å². The van der Waals surface area contributed by atoms with Crippen molar-refractivity contribution < 1.29 is 22.4 Å². The summed E-state index contributed by atoms with van der Waals surface area (Å²) in [5.74, 6) is -1.70. The standard InChI is InChI=1S/C26H23F4NO/c27-23-8-4-7-22(26(28,29)30)24(23)25(32)31-15-13-19(14-16-31)17-18-9-11-21(12-10-18)20-5-2-1-3-6-20/h1-12,19H,13-17H2. The highest BCUT2D eigenvalue weighted by Gasteiger charge is 2.38. The molecule has 0 saturated carbocycles. The van der Waals surface area contributed by atoms with Crippen LogP contribution >= 0.6 is 0 Å². The second-order valence-corrected chi connectivity index (χ2v) is 8.16. The average molecular weight is 441 g/mol. The highest BCUT2D eigenvalue weighted by molar-refractivity contribution is 5.96. The van der Waals surface area contributed by atoms with Crippen molar-refractivity contribution in [3.63, 3.8) is 0 Å². The number of piperidine rings is 1. The molecule has 1 heterocycles. The van der Waals surface area contributed by atoms with Crippen LogP contribution in [0.25, 0.3) is 11.1 Å². The second-order valence-electron chi connectivity index (χ2n) is 8.16. The third kappa shape index (κ3) is 4.85. The van der Waals surface area contributed by atoms with Crippen molar-refractivity contribution in [2.45, 2.75) is 25.4 Å². The second kappa shape index (κ2) is 9.15. The van der Waals surface area contributed by atoms with Gasteiger partial charge in [-0.15, -0.1) is 0 Å². The fourth-order valence-electron chi connectivity index (χ4n) is 4.27. The molecule has 166 valence electrons. The van der Waals surface area contributed by atoms with E-state index < -0.39 is 29.0 Å². The fraction of sp³-hybridized carbons (Fsp3) is 0.269. The molecule has 3 aromatic carbocycles. The monoisotopic (exact) mass is 441 g/mol. The lowest BCUT2D eigenvalue weighted by Crippen LogP contribution is -2.40. The number of nitrogens with zero attached hydrogens (tertiary/aromatic N) is 1. The van der Waals surface area contributed by atoms with Crippen LogP contribution in [0.15, 0.2) is 72.8 Å². The number of rotatable bonds is 4. The van der Waals surface area contributed by atoms with Crippen LogP contribution in [0.3, 0.4) is 0 Å². The van der Waals surface area contributed by atoms with Gasteiger partial charge in [-0.3, -0.25) is 4.79 Å². The summed E-state index contributed by atoms with van der Waals surface area (Å²) in [5, 5.41) is 0. The first kappa shape index (κ1) is 22.1. The summed E-state index contributed by atoms with van der Waals surface area (Å²) in [4.78, 5) is 14.0. The number of alkyl halides is 3. The van der Waals surface area contributed by atoms with E-state index in [9.17, 15) is 22.4 Å². The minimum Gasteiger partial charge on any atom is -0.339 e. The summed E-state index contributed by atoms with van der Waals surface area (Å²) in [6, 6.07) is 21.1. The summed E-state index contributed by atoms with van der Waals surface area (Å²) in [6.07, 6.45) is -2.61. The molecule has 6 heteroatoms. The molecule has 1 aliphatic heterocycles. The number of carbonyl (C=O) groups excluding carboxylic acids is 1. The minimum absolute atomic E-state index is 0.317. The molecule has 2 nitrogen and oxygen atoms in total. The first-order chi connectivity index (χ1) is 15.3. The number of benzene rings is 3. The first-order valence-corrected chi connectivity index (χ1v) is 10.6. The fourth-order valence-corrected chi connectivity index (χ4v) is 4.27. The van der Waals surface area contributed by atoms with Gasteiger partial charge in [0.2, 0.25) is 0 Å². The van der Waals surface area contributed by atoms with Gasteiger partial charge in [-0.1, -0.05) is 60.7 Å². The number of halogens is 4. The lowest BCUT2D eigenvalue weighted by Gasteiger charge is -2.32. The molecule has 1 fully saturated rings. The largest absolute Gasteiger partial charge is 0.417 e. The molecule has 3 aromatic rings. The Balaban J connectivity index is 1.38. The van der Waals surface area contributed by atoms with Crippen LogP contribution in [0, 0.1) is 11.7 Å². The van der Waals surface area contributed by atoms with Gasteiger partial charge in [0.05, 0.1) is 11.1 Å². The number of likely N-dealkylation sites (tertiary alicyclic amines) is 1. The molecule has 0 aliphatic carbocycles. The van der Waals surface area contributed by atoms with E-state index >= 15 is 0 Å². The van der Waals surface area contributed by atoms with Crippen molar-refractivity contribution in [2.75, 3.05) is 13.1 Å². The zero-order chi connectivity index (χ0) is 22.7. The van der Waals surface area contributed by atoms with E-state index in [4.69, 9.17) is 0 Å². The normalized spacial score (nSPS) is 15.1. The predicted molar refractivity (Wildman–Crippen MR) is 116 cm³/mol. The highest BCUT2D eigenvalue weighted by Crippen LogP contribution is 2.34. The van der Waals surface area contributed by atoms with Gasteiger partial charge in [-0.25, -0.2) is 4.39 Å². The molecule has 32 heavy (non-hydrogen) atoms. The quantitative estimate of drug-likeness (QED) is 0.418.